The quantitative estimate of drug-likeness (QED) is 0.173. The molecule has 50 heavy (non-hydrogen) atoms. The molecule has 0 fully saturated rings. The molecular weight excluding hydrogens is 605 g/mol. The largest absolute Gasteiger partial charge is 0.311 e. The number of hydrogen-bond acceptors (Lipinski definition) is 3. The Hall–Kier alpha value is -6.00. The molecule has 240 valence electrons. The van der Waals surface area contributed by atoms with Gasteiger partial charge in [-0.1, -0.05) is 109 Å². The summed E-state index contributed by atoms with van der Waals surface area (Å²) in [5.74, 6) is 0. The van der Waals surface area contributed by atoms with Crippen LogP contribution in [-0.4, -0.2) is 6.71 Å². The van der Waals surface area contributed by atoms with E-state index in [1.165, 1.54) is 72.8 Å². The van der Waals surface area contributed by atoms with E-state index in [1.807, 2.05) is 0 Å². The number of para-hydroxylation sites is 6. The minimum absolute atomic E-state index is 0.0706. The third-order valence-corrected chi connectivity index (χ3v) is 10.5. The van der Waals surface area contributed by atoms with Crippen molar-refractivity contribution in [3.63, 3.8) is 0 Å². The van der Waals surface area contributed by atoms with Gasteiger partial charge in [0.1, 0.15) is 0 Å². The lowest BCUT2D eigenvalue weighted by Crippen LogP contribution is -2.61. The minimum atomic E-state index is 0.0706. The monoisotopic (exact) mass is 643 g/mol. The Bertz CT molecular complexity index is 2240. The van der Waals surface area contributed by atoms with Crippen LogP contribution in [0, 0.1) is 27.7 Å². The fourth-order valence-electron chi connectivity index (χ4n) is 8.29. The predicted octanol–water partition coefficient (Wildman–Crippen LogP) is 10.5. The molecule has 0 spiro atoms. The molecule has 2 heterocycles. The van der Waals surface area contributed by atoms with Gasteiger partial charge in [0.25, 0.3) is 6.71 Å². The lowest BCUT2D eigenvalue weighted by Gasteiger charge is -2.46. The molecule has 0 bridgehead atoms. The number of fused-ring (bicyclic) bond motifs is 4. The zero-order valence-electron chi connectivity index (χ0n) is 28.9. The van der Waals surface area contributed by atoms with E-state index in [1.54, 1.807) is 0 Å². The molecule has 0 N–H and O–H groups in total. The van der Waals surface area contributed by atoms with Crippen molar-refractivity contribution in [1.82, 2.24) is 0 Å². The van der Waals surface area contributed by atoms with Crippen LogP contribution in [0.25, 0.3) is 0 Å². The van der Waals surface area contributed by atoms with E-state index in [9.17, 15) is 0 Å². The molecule has 7 aromatic rings. The van der Waals surface area contributed by atoms with Gasteiger partial charge in [0.05, 0.1) is 5.69 Å². The maximum atomic E-state index is 2.55. The van der Waals surface area contributed by atoms with Gasteiger partial charge < -0.3 is 14.7 Å². The molecule has 0 saturated carbocycles. The van der Waals surface area contributed by atoms with Crippen molar-refractivity contribution in [3.8, 4) is 0 Å². The number of nitrogens with zero attached hydrogens (tertiary/aromatic N) is 3. The molecule has 4 heteroatoms. The van der Waals surface area contributed by atoms with Gasteiger partial charge in [-0.25, -0.2) is 0 Å². The molecule has 0 unspecified atom stereocenters. The van der Waals surface area contributed by atoms with Crippen molar-refractivity contribution in [1.29, 1.82) is 0 Å². The van der Waals surface area contributed by atoms with E-state index in [4.69, 9.17) is 0 Å². The van der Waals surface area contributed by atoms with Gasteiger partial charge in [0, 0.05) is 45.5 Å². The van der Waals surface area contributed by atoms with Crippen molar-refractivity contribution in [2.75, 3.05) is 14.7 Å². The zero-order chi connectivity index (χ0) is 33.9. The summed E-state index contributed by atoms with van der Waals surface area (Å²) in [6.45, 7) is 9.06. The molecule has 7 aromatic carbocycles. The molecular formula is C46H38BN3. The van der Waals surface area contributed by atoms with Crippen LogP contribution in [0.2, 0.25) is 0 Å². The summed E-state index contributed by atoms with van der Waals surface area (Å²) in [5, 5.41) is 0. The molecule has 2 aliphatic heterocycles. The Kier molecular flexibility index (Phi) is 7.13. The molecule has 0 aliphatic carbocycles. The Morgan fingerprint density at radius 3 is 1.22 bits per heavy atom. The first-order valence-electron chi connectivity index (χ1n) is 17.5. The normalized spacial score (nSPS) is 12.7. The first-order chi connectivity index (χ1) is 24.5. The fraction of sp³-hybridized carbons (Fsp3) is 0.0870. The number of benzene rings is 7. The number of hydrogen-bond donors (Lipinski definition) is 0. The summed E-state index contributed by atoms with van der Waals surface area (Å²) in [7, 11) is 0. The van der Waals surface area contributed by atoms with Gasteiger partial charge in [0.15, 0.2) is 0 Å². The average molecular weight is 644 g/mol. The van der Waals surface area contributed by atoms with E-state index in [0.29, 0.717) is 0 Å². The van der Waals surface area contributed by atoms with Gasteiger partial charge in [-0.15, -0.1) is 0 Å². The van der Waals surface area contributed by atoms with Gasteiger partial charge in [-0.3, -0.25) is 0 Å². The maximum Gasteiger partial charge on any atom is 0.252 e. The summed E-state index contributed by atoms with van der Waals surface area (Å²) in [4.78, 5) is 7.49. The van der Waals surface area contributed by atoms with Gasteiger partial charge in [0.2, 0.25) is 0 Å². The van der Waals surface area contributed by atoms with Crippen molar-refractivity contribution in [2.24, 2.45) is 0 Å². The van der Waals surface area contributed by atoms with Gasteiger partial charge >= 0.3 is 0 Å². The molecule has 0 amide bonds. The molecule has 0 aromatic heterocycles. The summed E-state index contributed by atoms with van der Waals surface area (Å²) in [5.41, 5.74) is 19.7. The number of aryl methyl sites for hydroxylation is 4. The second-order valence-corrected chi connectivity index (χ2v) is 13.6. The molecule has 0 atom stereocenters. The molecule has 2 aliphatic rings. The number of rotatable bonds is 5. The van der Waals surface area contributed by atoms with Crippen LogP contribution in [-0.2, 0) is 0 Å². The van der Waals surface area contributed by atoms with Crippen molar-refractivity contribution < 1.29 is 0 Å². The maximum absolute atomic E-state index is 2.55. The van der Waals surface area contributed by atoms with Crippen LogP contribution in [0.5, 0.6) is 0 Å². The first kappa shape index (κ1) is 30.1. The topological polar surface area (TPSA) is 9.72 Å². The van der Waals surface area contributed by atoms with Crippen molar-refractivity contribution in [3.05, 3.63) is 180 Å². The van der Waals surface area contributed by atoms with Crippen LogP contribution < -0.4 is 31.1 Å². The van der Waals surface area contributed by atoms with Crippen molar-refractivity contribution >= 4 is 74.3 Å². The average Bonchev–Trinajstić information content (AvgIpc) is 3.14. The Morgan fingerprint density at radius 2 is 0.780 bits per heavy atom. The highest BCUT2D eigenvalue weighted by Gasteiger charge is 2.45. The highest BCUT2D eigenvalue weighted by molar-refractivity contribution is 7.00. The zero-order valence-corrected chi connectivity index (χ0v) is 28.9. The highest BCUT2D eigenvalue weighted by Crippen LogP contribution is 2.49. The standard InChI is InChI=1S/C46H38BN3/c1-31-17-11-13-27-40(31)49-42-29-37(48(35-21-7-5-8-22-35)36-23-9-6-10-24-36)30-43-44(42)47(38-25-15-19-33(3)45(38)49)39-26-16-20-34(4)46(39)50(43)41-28-14-12-18-32(41)2/h5-30H,1-4H3. The second kappa shape index (κ2) is 11.9. The fourth-order valence-corrected chi connectivity index (χ4v) is 8.29. The second-order valence-electron chi connectivity index (χ2n) is 13.6. The summed E-state index contributed by atoms with van der Waals surface area (Å²) in [6, 6.07) is 57.7. The van der Waals surface area contributed by atoms with E-state index in [0.717, 1.165) is 17.1 Å². The Labute approximate surface area is 295 Å². The smallest absolute Gasteiger partial charge is 0.252 e. The van der Waals surface area contributed by atoms with Crippen molar-refractivity contribution in [2.45, 2.75) is 27.7 Å². The summed E-state index contributed by atoms with van der Waals surface area (Å²) in [6.07, 6.45) is 0. The Balaban J connectivity index is 1.46. The molecule has 3 nitrogen and oxygen atoms in total. The van der Waals surface area contributed by atoms with E-state index >= 15 is 0 Å². The predicted molar refractivity (Wildman–Crippen MR) is 214 cm³/mol. The van der Waals surface area contributed by atoms with Gasteiger partial charge in [-0.05, 0) is 115 Å². The summed E-state index contributed by atoms with van der Waals surface area (Å²) < 4.78 is 0. The first-order valence-corrected chi connectivity index (χ1v) is 17.5. The minimum Gasteiger partial charge on any atom is -0.311 e. The van der Waals surface area contributed by atoms with Crippen LogP contribution in [0.1, 0.15) is 22.3 Å². The van der Waals surface area contributed by atoms with Crippen LogP contribution in [0.3, 0.4) is 0 Å². The van der Waals surface area contributed by atoms with E-state index in [-0.39, 0.29) is 6.71 Å². The van der Waals surface area contributed by atoms with Crippen LogP contribution >= 0.6 is 0 Å². The molecule has 9 rings (SSSR count). The Morgan fingerprint density at radius 1 is 0.380 bits per heavy atom. The molecule has 0 radical (unpaired) electrons. The summed E-state index contributed by atoms with van der Waals surface area (Å²) >= 11 is 0. The number of anilines is 9. The SMILES string of the molecule is Cc1ccccc1N1c2cc(N(c3ccccc3)c3ccccc3)cc3c2B(c2cccc(C)c21)c1cccc(C)c1N3c1ccccc1C. The van der Waals surface area contributed by atoms with Crippen LogP contribution in [0.4, 0.5) is 51.2 Å². The third kappa shape index (κ3) is 4.59. The lowest BCUT2D eigenvalue weighted by molar-refractivity contribution is 1.19. The third-order valence-electron chi connectivity index (χ3n) is 10.5. The molecule has 0 saturated heterocycles. The van der Waals surface area contributed by atoms with Gasteiger partial charge in [-0.2, -0.15) is 0 Å². The van der Waals surface area contributed by atoms with E-state index < -0.39 is 0 Å². The van der Waals surface area contributed by atoms with Crippen LogP contribution in [0.15, 0.2) is 158 Å². The highest BCUT2D eigenvalue weighted by atomic mass is 15.2. The van der Waals surface area contributed by atoms with E-state index in [2.05, 4.69) is 200 Å². The lowest BCUT2D eigenvalue weighted by atomic mass is 9.33.